The van der Waals surface area contributed by atoms with E-state index in [-0.39, 0.29) is 31.0 Å². The number of ether oxygens (including phenoxy) is 5. The van der Waals surface area contributed by atoms with Crippen molar-refractivity contribution in [3.05, 3.63) is 40.1 Å². The second kappa shape index (κ2) is 19.1. The number of fused-ring (bicyclic) bond motifs is 1. The van der Waals surface area contributed by atoms with E-state index < -0.39 is 64.7 Å². The average molecular weight is 852 g/mol. The Hall–Kier alpha value is -5.13. The molecule has 4 N–H and O–H groups in total. The fourth-order valence-electron chi connectivity index (χ4n) is 4.55. The Morgan fingerprint density at radius 3 is 1.93 bits per heavy atom. The van der Waals surface area contributed by atoms with Crippen LogP contribution in [0.25, 0.3) is 17.0 Å². The average Bonchev–Trinajstić information content (AvgIpc) is 3.35. The van der Waals surface area contributed by atoms with Crippen LogP contribution in [0.2, 0.25) is 0 Å². The Balaban J connectivity index is 2.43. The molecule has 1 aromatic carbocycles. The van der Waals surface area contributed by atoms with Gasteiger partial charge in [-0.3, -0.25) is 14.7 Å². The molecule has 4 amide bonds. The van der Waals surface area contributed by atoms with Gasteiger partial charge in [0.05, 0.1) is 12.6 Å². The summed E-state index contributed by atoms with van der Waals surface area (Å²) in [5.41, 5.74) is -2.88. The highest BCUT2D eigenvalue weighted by molar-refractivity contribution is 9.10. The standard InChI is InChI=1S/C38H55BrN6O11/c1-35(2,3)53-31(48)42-25(15-14-18-40-30(43-32(49)54-36(4,5)6)44-33(50)55-37(7,8)9)28(46)41-26(29(47)52-13)19-22-21-45(34(51)56-38(10,11)12)27-20-23(39)16-17-24(22)27/h16-17,19-21,25H,14-15,18H2,1-13H3,(H,41,46)(H,42,48)(H2,40,43,44,49,50)/b26-19-. The Morgan fingerprint density at radius 2 is 1.38 bits per heavy atom. The van der Waals surface area contributed by atoms with Crippen molar-refractivity contribution in [1.82, 2.24) is 25.8 Å². The van der Waals surface area contributed by atoms with E-state index in [9.17, 15) is 28.8 Å². The zero-order valence-electron chi connectivity index (χ0n) is 34.3. The van der Waals surface area contributed by atoms with E-state index in [1.54, 1.807) is 101 Å². The number of hydrogen-bond acceptors (Lipinski definition) is 11. The largest absolute Gasteiger partial charge is 0.464 e. The van der Waals surface area contributed by atoms with E-state index in [1.807, 2.05) is 0 Å². The van der Waals surface area contributed by atoms with E-state index in [2.05, 4.69) is 42.2 Å². The van der Waals surface area contributed by atoms with Gasteiger partial charge in [0, 0.05) is 28.2 Å². The summed E-state index contributed by atoms with van der Waals surface area (Å²) in [4.78, 5) is 81.7. The quantitative estimate of drug-likeness (QED) is 0.0507. The van der Waals surface area contributed by atoms with Gasteiger partial charge in [0.25, 0.3) is 0 Å². The predicted molar refractivity (Wildman–Crippen MR) is 213 cm³/mol. The molecule has 0 aliphatic heterocycles. The molecule has 18 heteroatoms. The second-order valence-electron chi connectivity index (χ2n) is 16.5. The number of hydrogen-bond donors (Lipinski definition) is 4. The number of carbonyl (C=O) groups excluding carboxylic acids is 6. The second-order valence-corrected chi connectivity index (χ2v) is 17.4. The number of nitrogens with one attached hydrogen (secondary N) is 4. The fourth-order valence-corrected chi connectivity index (χ4v) is 4.90. The highest BCUT2D eigenvalue weighted by Crippen LogP contribution is 2.28. The number of aliphatic imine (C=N–C) groups is 1. The van der Waals surface area contributed by atoms with E-state index in [1.165, 1.54) is 16.8 Å². The van der Waals surface area contributed by atoms with Gasteiger partial charge in [-0.2, -0.15) is 0 Å². The van der Waals surface area contributed by atoms with Crippen LogP contribution >= 0.6 is 15.9 Å². The van der Waals surface area contributed by atoms with Crippen LogP contribution < -0.4 is 21.3 Å². The molecule has 310 valence electrons. The van der Waals surface area contributed by atoms with Crippen molar-refractivity contribution in [3.63, 3.8) is 0 Å². The van der Waals surface area contributed by atoms with E-state index in [0.717, 1.165) is 7.11 Å². The molecule has 56 heavy (non-hydrogen) atoms. The van der Waals surface area contributed by atoms with Crippen LogP contribution in [0.15, 0.2) is 39.6 Å². The van der Waals surface area contributed by atoms with Gasteiger partial charge in [-0.15, -0.1) is 4.99 Å². The third-order valence-corrected chi connectivity index (χ3v) is 7.03. The summed E-state index contributed by atoms with van der Waals surface area (Å²) >= 11 is 3.42. The Bertz CT molecular complexity index is 1840. The summed E-state index contributed by atoms with van der Waals surface area (Å²) in [5.74, 6) is -1.99. The highest BCUT2D eigenvalue weighted by atomic mass is 79.9. The van der Waals surface area contributed by atoms with Crippen LogP contribution in [-0.4, -0.2) is 88.9 Å². The zero-order valence-corrected chi connectivity index (χ0v) is 35.9. The lowest BCUT2D eigenvalue weighted by Gasteiger charge is -2.24. The van der Waals surface area contributed by atoms with Gasteiger partial charge < -0.3 is 39.6 Å². The van der Waals surface area contributed by atoms with Crippen LogP contribution in [0.4, 0.5) is 19.2 Å². The Labute approximate surface area is 335 Å². The van der Waals surface area contributed by atoms with Gasteiger partial charge in [0.15, 0.2) is 0 Å². The number of alkyl carbamates (subject to hydrolysis) is 2. The van der Waals surface area contributed by atoms with Gasteiger partial charge in [0.1, 0.15) is 34.1 Å². The number of methoxy groups -OCH3 is 1. The lowest BCUT2D eigenvalue weighted by atomic mass is 10.1. The molecule has 0 radical (unpaired) electrons. The van der Waals surface area contributed by atoms with Crippen molar-refractivity contribution in [2.75, 3.05) is 13.7 Å². The van der Waals surface area contributed by atoms with Crippen LogP contribution in [0.5, 0.6) is 0 Å². The number of guanidine groups is 1. The topological polar surface area (TPSA) is 214 Å². The van der Waals surface area contributed by atoms with E-state index in [0.29, 0.717) is 20.9 Å². The van der Waals surface area contributed by atoms with Gasteiger partial charge >= 0.3 is 30.3 Å². The molecule has 0 aliphatic carbocycles. The molecule has 1 heterocycles. The van der Waals surface area contributed by atoms with Crippen molar-refractivity contribution in [1.29, 1.82) is 0 Å². The zero-order chi connectivity index (χ0) is 42.8. The van der Waals surface area contributed by atoms with Gasteiger partial charge in [-0.05, 0) is 114 Å². The summed E-state index contributed by atoms with van der Waals surface area (Å²) in [5, 5.41) is 10.8. The van der Waals surface area contributed by atoms with Crippen LogP contribution in [0, 0.1) is 0 Å². The van der Waals surface area contributed by atoms with Crippen molar-refractivity contribution < 1.29 is 52.5 Å². The maximum atomic E-state index is 13.8. The maximum absolute atomic E-state index is 13.8. The Morgan fingerprint density at radius 1 is 0.804 bits per heavy atom. The highest BCUT2D eigenvalue weighted by Gasteiger charge is 2.28. The summed E-state index contributed by atoms with van der Waals surface area (Å²) in [6.07, 6.45) is -0.529. The Kier molecular flexibility index (Phi) is 16.1. The monoisotopic (exact) mass is 850 g/mol. The first kappa shape index (κ1) is 47.0. The lowest BCUT2D eigenvalue weighted by molar-refractivity contribution is -0.137. The normalized spacial score (nSPS) is 13.2. The molecule has 0 aliphatic rings. The van der Waals surface area contributed by atoms with E-state index >= 15 is 0 Å². The molecule has 0 saturated carbocycles. The fraction of sp³-hybridized carbons (Fsp3) is 0.553. The summed E-state index contributed by atoms with van der Waals surface area (Å²) in [6.45, 7) is 20.1. The molecular formula is C38H55BrN6O11. The maximum Gasteiger partial charge on any atom is 0.437 e. The van der Waals surface area contributed by atoms with Crippen molar-refractivity contribution >= 4 is 75.1 Å². The van der Waals surface area contributed by atoms with Crippen molar-refractivity contribution in [2.45, 2.75) is 124 Å². The molecule has 1 atom stereocenters. The minimum absolute atomic E-state index is 0.0244. The SMILES string of the molecule is COC(=O)/C(=C/c1cn(C(=O)OC(C)(C)C)c2cc(Br)ccc12)NC(=O)C(CCCN/C(=N/C(=O)OC(C)(C)C)NC(=O)OC(C)(C)C)NC(=O)OC(C)(C)C. The molecule has 2 aromatic rings. The molecule has 1 unspecified atom stereocenters. The summed E-state index contributed by atoms with van der Waals surface area (Å²) in [7, 11) is 1.13. The number of halogens is 1. The molecule has 17 nitrogen and oxygen atoms in total. The molecule has 0 bridgehead atoms. The number of amides is 4. The summed E-state index contributed by atoms with van der Waals surface area (Å²) < 4.78 is 28.4. The molecule has 2 rings (SSSR count). The van der Waals surface area contributed by atoms with Crippen LogP contribution in [0.1, 0.15) is 101 Å². The minimum atomic E-state index is -1.27. The molecule has 0 fully saturated rings. The molecule has 1 aromatic heterocycles. The number of esters is 1. The van der Waals surface area contributed by atoms with E-state index in [4.69, 9.17) is 23.7 Å². The van der Waals surface area contributed by atoms with Gasteiger partial charge in [0.2, 0.25) is 11.9 Å². The van der Waals surface area contributed by atoms with Crippen LogP contribution in [-0.2, 0) is 33.3 Å². The molecular weight excluding hydrogens is 796 g/mol. The number of nitrogens with zero attached hydrogens (tertiary/aromatic N) is 2. The number of aromatic nitrogens is 1. The van der Waals surface area contributed by atoms with Gasteiger partial charge in [-0.1, -0.05) is 22.0 Å². The van der Waals surface area contributed by atoms with Crippen LogP contribution in [0.3, 0.4) is 0 Å². The molecule has 0 spiro atoms. The minimum Gasteiger partial charge on any atom is -0.464 e. The third-order valence-electron chi connectivity index (χ3n) is 6.54. The molecule has 0 saturated heterocycles. The smallest absolute Gasteiger partial charge is 0.437 e. The van der Waals surface area contributed by atoms with Gasteiger partial charge in [-0.25, -0.2) is 24.0 Å². The first-order chi connectivity index (χ1) is 25.6. The number of benzene rings is 1. The third kappa shape index (κ3) is 17.1. The first-order valence-electron chi connectivity index (χ1n) is 17.8. The van der Waals surface area contributed by atoms with Crippen molar-refractivity contribution in [2.24, 2.45) is 4.99 Å². The number of rotatable bonds is 9. The number of carbonyl (C=O) groups is 6. The lowest BCUT2D eigenvalue weighted by Crippen LogP contribution is -2.49. The first-order valence-corrected chi connectivity index (χ1v) is 18.5. The summed E-state index contributed by atoms with van der Waals surface area (Å²) in [6, 6.07) is 3.90. The predicted octanol–water partition coefficient (Wildman–Crippen LogP) is 6.90. The van der Waals surface area contributed by atoms with Crippen molar-refractivity contribution in [3.8, 4) is 0 Å².